The molecule has 0 aliphatic carbocycles. The van der Waals surface area contributed by atoms with E-state index in [1.165, 1.54) is 0 Å². The number of carboxylic acids is 1. The molecule has 0 aromatic heterocycles. The van der Waals surface area contributed by atoms with Gasteiger partial charge in [-0.2, -0.15) is 0 Å². The van der Waals surface area contributed by atoms with E-state index in [1.807, 2.05) is 48.5 Å². The molecule has 1 fully saturated rings. The van der Waals surface area contributed by atoms with E-state index in [4.69, 9.17) is 0 Å². The van der Waals surface area contributed by atoms with Gasteiger partial charge in [0, 0.05) is 12.2 Å². The van der Waals surface area contributed by atoms with Gasteiger partial charge in [-0.1, -0.05) is 48.5 Å². The highest BCUT2D eigenvalue weighted by atomic mass is 16.4. The molecule has 2 aromatic rings. The molecule has 0 atom stereocenters. The maximum Gasteiger partial charge on any atom is 0.314 e. The Bertz CT molecular complexity index is 665. The Morgan fingerprint density at radius 3 is 2.20 bits per heavy atom. The molecule has 2 N–H and O–H groups in total. The first-order valence-electron chi connectivity index (χ1n) is 9.01. The fraction of sp³-hybridized carbons (Fsp3) is 0.381. The van der Waals surface area contributed by atoms with E-state index in [0.717, 1.165) is 43.9 Å². The fourth-order valence-electron chi connectivity index (χ4n) is 3.63. The Morgan fingerprint density at radius 1 is 1.00 bits per heavy atom. The van der Waals surface area contributed by atoms with E-state index < -0.39 is 11.4 Å². The molecule has 0 spiro atoms. The predicted molar refractivity (Wildman–Crippen MR) is 101 cm³/mol. The Morgan fingerprint density at radius 2 is 1.60 bits per heavy atom. The van der Waals surface area contributed by atoms with Crippen molar-refractivity contribution in [3.05, 3.63) is 66.2 Å². The summed E-state index contributed by atoms with van der Waals surface area (Å²) in [5, 5.41) is 13.3. The smallest absolute Gasteiger partial charge is 0.314 e. The van der Waals surface area contributed by atoms with Crippen molar-refractivity contribution in [1.82, 2.24) is 4.90 Å². The first-order chi connectivity index (χ1) is 12.2. The molecule has 1 saturated heterocycles. The number of piperidine rings is 1. The van der Waals surface area contributed by atoms with Gasteiger partial charge in [0.1, 0.15) is 0 Å². The second-order valence-electron chi connectivity index (χ2n) is 6.74. The van der Waals surface area contributed by atoms with Crippen molar-refractivity contribution >= 4 is 11.7 Å². The average Bonchev–Trinajstić information content (AvgIpc) is 2.67. The fourth-order valence-corrected chi connectivity index (χ4v) is 3.63. The van der Waals surface area contributed by atoms with E-state index in [1.54, 1.807) is 0 Å². The Balaban J connectivity index is 1.48. The van der Waals surface area contributed by atoms with Crippen LogP contribution >= 0.6 is 0 Å². The molecule has 3 rings (SSSR count). The Labute approximate surface area is 149 Å². The van der Waals surface area contributed by atoms with Gasteiger partial charge in [-0.15, -0.1) is 0 Å². The van der Waals surface area contributed by atoms with Gasteiger partial charge < -0.3 is 15.3 Å². The lowest BCUT2D eigenvalue weighted by atomic mass is 9.73. The van der Waals surface area contributed by atoms with Crippen molar-refractivity contribution in [3.63, 3.8) is 0 Å². The molecule has 0 amide bonds. The second kappa shape index (κ2) is 8.17. The SMILES string of the molecule is O=C(O)C1(c2ccccc2)CCN(CCCNc2ccccc2)CC1. The molecule has 0 unspecified atom stereocenters. The molecule has 25 heavy (non-hydrogen) atoms. The van der Waals surface area contributed by atoms with Crippen LogP contribution in [0.15, 0.2) is 60.7 Å². The van der Waals surface area contributed by atoms with Crippen LogP contribution in [0.1, 0.15) is 24.8 Å². The zero-order valence-corrected chi connectivity index (χ0v) is 14.5. The topological polar surface area (TPSA) is 52.6 Å². The normalized spacial score (nSPS) is 17.1. The highest BCUT2D eigenvalue weighted by molar-refractivity contribution is 5.81. The van der Waals surface area contributed by atoms with Crippen LogP contribution in [0.5, 0.6) is 0 Å². The van der Waals surface area contributed by atoms with E-state index in [2.05, 4.69) is 22.3 Å². The van der Waals surface area contributed by atoms with Gasteiger partial charge in [0.15, 0.2) is 0 Å². The Hall–Kier alpha value is -2.33. The number of anilines is 1. The van der Waals surface area contributed by atoms with Gasteiger partial charge >= 0.3 is 5.97 Å². The summed E-state index contributed by atoms with van der Waals surface area (Å²) in [6.45, 7) is 3.62. The minimum Gasteiger partial charge on any atom is -0.481 e. The molecule has 4 heteroatoms. The van der Waals surface area contributed by atoms with Crippen molar-refractivity contribution in [1.29, 1.82) is 0 Å². The summed E-state index contributed by atoms with van der Waals surface area (Å²) in [6, 6.07) is 19.9. The number of nitrogens with zero attached hydrogens (tertiary/aromatic N) is 1. The van der Waals surface area contributed by atoms with Crippen LogP contribution in [0, 0.1) is 0 Å². The van der Waals surface area contributed by atoms with Gasteiger partial charge in [-0.05, 0) is 56.6 Å². The third-order valence-corrected chi connectivity index (χ3v) is 5.20. The lowest BCUT2D eigenvalue weighted by Crippen LogP contribution is -2.47. The zero-order chi connectivity index (χ0) is 17.5. The number of para-hydroxylation sites is 1. The molecule has 2 aromatic carbocycles. The van der Waals surface area contributed by atoms with Gasteiger partial charge in [0.25, 0.3) is 0 Å². The van der Waals surface area contributed by atoms with Crippen LogP contribution in [0.3, 0.4) is 0 Å². The maximum absolute atomic E-state index is 12.0. The summed E-state index contributed by atoms with van der Waals surface area (Å²) in [7, 11) is 0. The standard InChI is InChI=1S/C21H26N2O2/c24-20(25)21(18-8-3-1-4-9-18)12-16-23(17-13-21)15-7-14-22-19-10-5-2-6-11-19/h1-6,8-11,22H,7,12-17H2,(H,24,25). The van der Waals surface area contributed by atoms with Crippen LogP contribution in [0.25, 0.3) is 0 Å². The van der Waals surface area contributed by atoms with Crippen LogP contribution in [-0.2, 0) is 10.2 Å². The summed E-state index contributed by atoms with van der Waals surface area (Å²) in [5.41, 5.74) is 1.36. The Kier molecular flexibility index (Phi) is 5.71. The number of benzene rings is 2. The maximum atomic E-state index is 12.0. The van der Waals surface area contributed by atoms with Crippen LogP contribution in [-0.4, -0.2) is 42.2 Å². The van der Waals surface area contributed by atoms with Gasteiger partial charge in [0.05, 0.1) is 5.41 Å². The van der Waals surface area contributed by atoms with Crippen LogP contribution < -0.4 is 5.32 Å². The number of rotatable bonds is 7. The van der Waals surface area contributed by atoms with Gasteiger partial charge in [0.2, 0.25) is 0 Å². The minimum absolute atomic E-state index is 0.679. The number of likely N-dealkylation sites (tertiary alicyclic amines) is 1. The summed E-state index contributed by atoms with van der Waals surface area (Å²) >= 11 is 0. The van der Waals surface area contributed by atoms with Crippen molar-refractivity contribution < 1.29 is 9.90 Å². The quantitative estimate of drug-likeness (QED) is 0.757. The summed E-state index contributed by atoms with van der Waals surface area (Å²) in [5.74, 6) is -0.691. The van der Waals surface area contributed by atoms with Gasteiger partial charge in [-0.3, -0.25) is 4.79 Å². The lowest BCUT2D eigenvalue weighted by Gasteiger charge is -2.39. The molecule has 0 bridgehead atoms. The molecular weight excluding hydrogens is 312 g/mol. The van der Waals surface area contributed by atoms with Crippen LogP contribution in [0.4, 0.5) is 5.69 Å². The van der Waals surface area contributed by atoms with E-state index in [9.17, 15) is 9.90 Å². The van der Waals surface area contributed by atoms with Crippen molar-refractivity contribution in [2.24, 2.45) is 0 Å². The average molecular weight is 338 g/mol. The zero-order valence-electron chi connectivity index (χ0n) is 14.5. The van der Waals surface area contributed by atoms with Crippen LogP contribution in [0.2, 0.25) is 0 Å². The number of nitrogens with one attached hydrogen (secondary N) is 1. The van der Waals surface area contributed by atoms with E-state index >= 15 is 0 Å². The number of hydrogen-bond acceptors (Lipinski definition) is 3. The molecule has 0 saturated carbocycles. The molecule has 132 valence electrons. The second-order valence-corrected chi connectivity index (χ2v) is 6.74. The van der Waals surface area contributed by atoms with E-state index in [-0.39, 0.29) is 0 Å². The summed E-state index contributed by atoms with van der Waals surface area (Å²) in [6.07, 6.45) is 2.41. The lowest BCUT2D eigenvalue weighted by molar-refractivity contribution is -0.146. The molecule has 0 radical (unpaired) electrons. The highest BCUT2D eigenvalue weighted by Gasteiger charge is 2.42. The number of aliphatic carboxylic acids is 1. The summed E-state index contributed by atoms with van der Waals surface area (Å²) in [4.78, 5) is 14.4. The molecule has 1 aliphatic rings. The number of hydrogen-bond donors (Lipinski definition) is 2. The number of carbonyl (C=O) groups is 1. The molecule has 1 aliphatic heterocycles. The number of carboxylic acid groups (broad SMARTS) is 1. The van der Waals surface area contributed by atoms with Gasteiger partial charge in [-0.25, -0.2) is 0 Å². The molecular formula is C21H26N2O2. The molecule has 4 nitrogen and oxygen atoms in total. The summed E-state index contributed by atoms with van der Waals surface area (Å²) < 4.78 is 0. The first kappa shape index (κ1) is 17.5. The molecule has 1 heterocycles. The minimum atomic E-state index is -0.722. The van der Waals surface area contributed by atoms with Crippen molar-refractivity contribution in [2.75, 3.05) is 31.5 Å². The third kappa shape index (κ3) is 4.20. The highest BCUT2D eigenvalue weighted by Crippen LogP contribution is 2.35. The first-order valence-corrected chi connectivity index (χ1v) is 9.01. The third-order valence-electron chi connectivity index (χ3n) is 5.20. The predicted octanol–water partition coefficient (Wildman–Crippen LogP) is 3.61. The monoisotopic (exact) mass is 338 g/mol. The van der Waals surface area contributed by atoms with Crippen molar-refractivity contribution in [2.45, 2.75) is 24.7 Å². The largest absolute Gasteiger partial charge is 0.481 e. The van der Waals surface area contributed by atoms with E-state index in [0.29, 0.717) is 12.8 Å². The van der Waals surface area contributed by atoms with Crippen molar-refractivity contribution in [3.8, 4) is 0 Å².